The summed E-state index contributed by atoms with van der Waals surface area (Å²) in [4.78, 5) is 25.8. The lowest BCUT2D eigenvalue weighted by Crippen LogP contribution is -2.64. The van der Waals surface area contributed by atoms with Crippen molar-refractivity contribution in [2.24, 2.45) is 11.3 Å². The van der Waals surface area contributed by atoms with Crippen LogP contribution in [0.3, 0.4) is 0 Å². The number of benzene rings is 1. The number of ketones is 1. The molecule has 5 fully saturated rings. The van der Waals surface area contributed by atoms with Gasteiger partial charge >= 0.3 is 5.97 Å². The fourth-order valence-electron chi connectivity index (χ4n) is 6.49. The molecule has 3 N–H and O–H groups in total. The Morgan fingerprint density at radius 3 is 2.64 bits per heavy atom. The lowest BCUT2D eigenvalue weighted by molar-refractivity contribution is -0.306. The molecule has 0 unspecified atom stereocenters. The molecule has 0 amide bonds. The summed E-state index contributed by atoms with van der Waals surface area (Å²) in [5, 5.41) is 30.6. The van der Waals surface area contributed by atoms with E-state index < -0.39 is 66.2 Å². The van der Waals surface area contributed by atoms with Crippen molar-refractivity contribution in [3.05, 3.63) is 30.3 Å². The second-order valence-corrected chi connectivity index (χ2v) is 9.87. The van der Waals surface area contributed by atoms with E-state index in [1.807, 2.05) is 6.07 Å². The van der Waals surface area contributed by atoms with Crippen LogP contribution in [0.5, 0.6) is 5.75 Å². The summed E-state index contributed by atoms with van der Waals surface area (Å²) in [7, 11) is 0. The molecule has 178 valence electrons. The lowest BCUT2D eigenvalue weighted by Gasteiger charge is -2.52. The van der Waals surface area contributed by atoms with Crippen LogP contribution in [0, 0.1) is 11.3 Å². The zero-order valence-corrected chi connectivity index (χ0v) is 18.0. The average molecular weight is 462 g/mol. The third kappa shape index (κ3) is 2.68. The third-order valence-corrected chi connectivity index (χ3v) is 8.00. The zero-order valence-electron chi connectivity index (χ0n) is 18.0. The van der Waals surface area contributed by atoms with Gasteiger partial charge in [0, 0.05) is 12.3 Å². The van der Waals surface area contributed by atoms with E-state index in [2.05, 4.69) is 0 Å². The zero-order chi connectivity index (χ0) is 23.2. The first kappa shape index (κ1) is 21.6. The summed E-state index contributed by atoms with van der Waals surface area (Å²) in [5.74, 6) is -2.08. The molecule has 4 heterocycles. The van der Waals surface area contributed by atoms with Crippen molar-refractivity contribution in [2.45, 2.75) is 74.4 Å². The van der Waals surface area contributed by atoms with E-state index in [0.29, 0.717) is 12.2 Å². The van der Waals surface area contributed by atoms with Crippen LogP contribution < -0.4 is 4.74 Å². The van der Waals surface area contributed by atoms with E-state index in [9.17, 15) is 24.9 Å². The molecule has 1 spiro atoms. The highest BCUT2D eigenvalue weighted by molar-refractivity contribution is 5.87. The molecule has 1 aliphatic carbocycles. The summed E-state index contributed by atoms with van der Waals surface area (Å²) >= 11 is 0. The fraction of sp³-hybridized carbons (Fsp3) is 0.652. The smallest absolute Gasteiger partial charge is 0.312 e. The third-order valence-electron chi connectivity index (χ3n) is 8.00. The minimum Gasteiger partial charge on any atom is -0.427 e. The van der Waals surface area contributed by atoms with Gasteiger partial charge in [-0.2, -0.15) is 0 Å². The van der Waals surface area contributed by atoms with E-state index in [4.69, 9.17) is 23.7 Å². The Labute approximate surface area is 189 Å². The van der Waals surface area contributed by atoms with Crippen LogP contribution in [-0.4, -0.2) is 81.9 Å². The summed E-state index contributed by atoms with van der Waals surface area (Å²) in [6.07, 6.45) is -6.47. The molecule has 1 saturated carbocycles. The second-order valence-electron chi connectivity index (χ2n) is 9.87. The number of hydrogen-bond acceptors (Lipinski definition) is 10. The number of esters is 1. The maximum atomic E-state index is 13.0. The minimum absolute atomic E-state index is 0.00878. The van der Waals surface area contributed by atoms with Crippen LogP contribution >= 0.6 is 0 Å². The maximum Gasteiger partial charge on any atom is 0.312 e. The Hall–Kier alpha value is -1.92. The van der Waals surface area contributed by atoms with Gasteiger partial charge in [-0.15, -0.1) is 0 Å². The summed E-state index contributed by atoms with van der Waals surface area (Å²) in [5.41, 5.74) is -2.26. The number of Topliss-reactive ketones (excluding diaryl/α,β-unsaturated/α-hetero) is 1. The predicted octanol–water partition coefficient (Wildman–Crippen LogP) is -0.331. The van der Waals surface area contributed by atoms with E-state index in [0.717, 1.165) is 0 Å². The lowest BCUT2D eigenvalue weighted by atomic mass is 9.54. The molecular formula is C23H26O10. The van der Waals surface area contributed by atoms with Gasteiger partial charge < -0.3 is 39.0 Å². The van der Waals surface area contributed by atoms with Crippen LogP contribution in [0.2, 0.25) is 0 Å². The van der Waals surface area contributed by atoms with Crippen molar-refractivity contribution in [1.29, 1.82) is 0 Å². The van der Waals surface area contributed by atoms with Crippen LogP contribution in [0.1, 0.15) is 26.2 Å². The van der Waals surface area contributed by atoms with Crippen molar-refractivity contribution in [1.82, 2.24) is 0 Å². The van der Waals surface area contributed by atoms with Gasteiger partial charge in [-0.1, -0.05) is 18.2 Å². The number of fused-ring (bicyclic) bond motifs is 4. The van der Waals surface area contributed by atoms with Crippen molar-refractivity contribution in [2.75, 3.05) is 6.61 Å². The molecule has 5 aliphatic rings. The molecule has 4 saturated heterocycles. The van der Waals surface area contributed by atoms with Crippen molar-refractivity contribution in [3.8, 4) is 5.75 Å². The second kappa shape index (κ2) is 7.05. The number of para-hydroxylation sites is 1. The first-order valence-electron chi connectivity index (χ1n) is 11.2. The fourth-order valence-corrected chi connectivity index (χ4v) is 6.49. The molecule has 4 aliphatic heterocycles. The Bertz CT molecular complexity index is 985. The molecule has 2 bridgehead atoms. The molecule has 0 aromatic heterocycles. The van der Waals surface area contributed by atoms with Crippen molar-refractivity contribution in [3.63, 3.8) is 0 Å². The highest BCUT2D eigenvalue weighted by atomic mass is 16.9. The van der Waals surface area contributed by atoms with Gasteiger partial charge in [0.2, 0.25) is 5.79 Å². The number of carbonyl (C=O) groups excluding carboxylic acids is 2. The minimum atomic E-state index is -1.58. The molecule has 6 rings (SSSR count). The summed E-state index contributed by atoms with van der Waals surface area (Å²) in [6.45, 7) is 1.18. The topological polar surface area (TPSA) is 141 Å². The summed E-state index contributed by atoms with van der Waals surface area (Å²) in [6, 6.07) is 8.65. The average Bonchev–Trinajstić information content (AvgIpc) is 3.20. The van der Waals surface area contributed by atoms with Gasteiger partial charge in [-0.3, -0.25) is 9.59 Å². The molecule has 10 nitrogen and oxygen atoms in total. The highest BCUT2D eigenvalue weighted by Crippen LogP contribution is 2.73. The van der Waals surface area contributed by atoms with Crippen molar-refractivity contribution < 1.29 is 48.6 Å². The number of hydrogen-bond donors (Lipinski definition) is 3. The SMILES string of the molecule is C[C@@]12CC(=O)[C@@H]3C[C@@](CC(=O)Oc4ccccc4)([C@@H]3O1)[C@@]21O[C@@H]2O[C@H](CO)[C@@H](O)[C@H](O)[C@H]2O1. The van der Waals surface area contributed by atoms with Crippen LogP contribution in [0.15, 0.2) is 30.3 Å². The Morgan fingerprint density at radius 2 is 1.91 bits per heavy atom. The van der Waals surface area contributed by atoms with E-state index in [1.165, 1.54) is 0 Å². The highest BCUT2D eigenvalue weighted by Gasteiger charge is 2.86. The van der Waals surface area contributed by atoms with Gasteiger partial charge in [0.15, 0.2) is 6.29 Å². The summed E-state index contributed by atoms with van der Waals surface area (Å²) < 4.78 is 30.2. The molecule has 1 aromatic carbocycles. The molecule has 1 aromatic rings. The van der Waals surface area contributed by atoms with Gasteiger partial charge in [-0.25, -0.2) is 0 Å². The molecule has 33 heavy (non-hydrogen) atoms. The normalized spacial score (nSPS) is 49.6. The van der Waals surface area contributed by atoms with E-state index in [1.54, 1.807) is 31.2 Å². The van der Waals surface area contributed by atoms with Crippen LogP contribution in [-0.2, 0) is 28.5 Å². The number of aliphatic hydroxyl groups excluding tert-OH is 3. The largest absolute Gasteiger partial charge is 0.427 e. The molecular weight excluding hydrogens is 436 g/mol. The number of ether oxygens (including phenoxy) is 5. The molecule has 0 radical (unpaired) electrons. The molecule has 10 heteroatoms. The van der Waals surface area contributed by atoms with E-state index in [-0.39, 0.29) is 24.5 Å². The van der Waals surface area contributed by atoms with Gasteiger partial charge in [0.05, 0.1) is 24.5 Å². The van der Waals surface area contributed by atoms with Gasteiger partial charge in [-0.05, 0) is 25.5 Å². The Balaban J connectivity index is 1.36. The Kier molecular flexibility index (Phi) is 4.61. The first-order valence-corrected chi connectivity index (χ1v) is 11.2. The number of aliphatic hydroxyl groups is 3. The van der Waals surface area contributed by atoms with Crippen LogP contribution in [0.4, 0.5) is 0 Å². The molecule has 10 atom stereocenters. The standard InChI is InChI=1S/C23H26O10/c1-21-8-13(25)12-7-22(19(12)32-21,9-15(26)29-11-5-3-2-4-6-11)23(21)31-18-17(28)16(27)14(10-24)30-20(18)33-23/h2-6,12,14,16-20,24,27-28H,7-10H2,1H3/t12-,14+,16+,17-,18+,19+,20-,21-,22+,23-/m0/s1. The van der Waals surface area contributed by atoms with Gasteiger partial charge in [0.1, 0.15) is 41.5 Å². The van der Waals surface area contributed by atoms with Crippen LogP contribution in [0.25, 0.3) is 0 Å². The number of carbonyl (C=O) groups is 2. The monoisotopic (exact) mass is 462 g/mol. The number of rotatable bonds is 4. The van der Waals surface area contributed by atoms with E-state index >= 15 is 0 Å². The first-order chi connectivity index (χ1) is 15.7. The quantitative estimate of drug-likeness (QED) is 0.402. The Morgan fingerprint density at radius 1 is 1.15 bits per heavy atom. The van der Waals surface area contributed by atoms with Crippen molar-refractivity contribution >= 4 is 11.8 Å². The maximum absolute atomic E-state index is 13.0. The van der Waals surface area contributed by atoms with Gasteiger partial charge in [0.25, 0.3) is 0 Å². The predicted molar refractivity (Wildman–Crippen MR) is 107 cm³/mol.